The lowest BCUT2D eigenvalue weighted by Crippen LogP contribution is -2.32. The predicted octanol–water partition coefficient (Wildman–Crippen LogP) is 4.97. The summed E-state index contributed by atoms with van der Waals surface area (Å²) in [6.45, 7) is 2.31. The van der Waals surface area contributed by atoms with Crippen molar-refractivity contribution in [2.75, 3.05) is 19.8 Å². The summed E-state index contributed by atoms with van der Waals surface area (Å²) in [5, 5.41) is -0.387. The van der Waals surface area contributed by atoms with Gasteiger partial charge >= 0.3 is 10.1 Å². The van der Waals surface area contributed by atoms with Gasteiger partial charge in [-0.3, -0.25) is 14.5 Å². The van der Waals surface area contributed by atoms with Crippen LogP contribution in [0.25, 0.3) is 6.08 Å². The van der Waals surface area contributed by atoms with Crippen molar-refractivity contribution in [3.8, 4) is 17.2 Å². The van der Waals surface area contributed by atoms with Crippen LogP contribution in [0.5, 0.6) is 17.2 Å². The number of carbonyl (C=O) groups is 2. The normalized spacial score (nSPS) is 14.8. The van der Waals surface area contributed by atoms with Crippen molar-refractivity contribution in [1.82, 2.24) is 4.90 Å². The number of carbonyl (C=O) groups excluding carboxylic acids is 2. The van der Waals surface area contributed by atoms with Gasteiger partial charge in [-0.1, -0.05) is 42.5 Å². The molecule has 10 heteroatoms. The summed E-state index contributed by atoms with van der Waals surface area (Å²) >= 11 is 0.829. The first-order valence-electron chi connectivity index (χ1n) is 11.1. The van der Waals surface area contributed by atoms with Gasteiger partial charge in [-0.15, -0.1) is 0 Å². The third kappa shape index (κ3) is 6.07. The predicted molar refractivity (Wildman–Crippen MR) is 136 cm³/mol. The van der Waals surface area contributed by atoms with Crippen LogP contribution in [0.15, 0.2) is 88.7 Å². The Labute approximate surface area is 213 Å². The van der Waals surface area contributed by atoms with Crippen molar-refractivity contribution in [2.45, 2.75) is 11.8 Å². The minimum absolute atomic E-state index is 0.0152. The van der Waals surface area contributed by atoms with E-state index in [0.29, 0.717) is 11.3 Å². The molecule has 0 unspecified atom stereocenters. The number of benzene rings is 3. The first-order chi connectivity index (χ1) is 17.4. The van der Waals surface area contributed by atoms with E-state index in [2.05, 4.69) is 0 Å². The van der Waals surface area contributed by atoms with Crippen LogP contribution in [0.4, 0.5) is 4.79 Å². The molecule has 0 aromatic heterocycles. The summed E-state index contributed by atoms with van der Waals surface area (Å²) in [5.74, 6) is 0.442. The zero-order valence-corrected chi connectivity index (χ0v) is 21.0. The van der Waals surface area contributed by atoms with Gasteiger partial charge < -0.3 is 13.7 Å². The van der Waals surface area contributed by atoms with Crippen LogP contribution >= 0.6 is 11.8 Å². The Kier molecular flexibility index (Phi) is 7.97. The van der Waals surface area contributed by atoms with E-state index >= 15 is 0 Å². The SMILES string of the molecule is CCOc1cc(/C=C2\SC(=O)N(CCOc3ccccc3)C2=O)ccc1OS(=O)(=O)c1ccccc1. The molecule has 0 N–H and O–H groups in total. The molecule has 4 rings (SSSR count). The number of hydrogen-bond donors (Lipinski definition) is 0. The van der Waals surface area contributed by atoms with Gasteiger partial charge in [0.05, 0.1) is 18.1 Å². The van der Waals surface area contributed by atoms with E-state index in [1.807, 2.05) is 18.2 Å². The lowest BCUT2D eigenvalue weighted by atomic mass is 10.2. The summed E-state index contributed by atoms with van der Waals surface area (Å²) in [6.07, 6.45) is 1.56. The van der Waals surface area contributed by atoms with Crippen molar-refractivity contribution in [3.63, 3.8) is 0 Å². The maximum absolute atomic E-state index is 12.8. The average molecular weight is 526 g/mol. The summed E-state index contributed by atoms with van der Waals surface area (Å²) < 4.78 is 41.7. The molecular weight excluding hydrogens is 502 g/mol. The molecule has 1 heterocycles. The van der Waals surface area contributed by atoms with Gasteiger partial charge in [0.2, 0.25) is 0 Å². The highest BCUT2D eigenvalue weighted by Gasteiger charge is 2.35. The molecule has 36 heavy (non-hydrogen) atoms. The minimum atomic E-state index is -4.06. The van der Waals surface area contributed by atoms with Crippen molar-refractivity contribution in [1.29, 1.82) is 0 Å². The number of thioether (sulfide) groups is 1. The van der Waals surface area contributed by atoms with E-state index in [0.717, 1.165) is 16.7 Å². The van der Waals surface area contributed by atoms with Crippen molar-refractivity contribution >= 4 is 39.1 Å². The van der Waals surface area contributed by atoms with E-state index < -0.39 is 16.0 Å². The van der Waals surface area contributed by atoms with Gasteiger partial charge in [-0.2, -0.15) is 8.42 Å². The Morgan fingerprint density at radius 1 is 0.889 bits per heavy atom. The summed E-state index contributed by atoms with van der Waals surface area (Å²) in [7, 11) is -4.06. The first kappa shape index (κ1) is 25.3. The number of rotatable bonds is 10. The van der Waals surface area contributed by atoms with Gasteiger partial charge in [-0.25, -0.2) is 0 Å². The van der Waals surface area contributed by atoms with Gasteiger partial charge in [0.25, 0.3) is 11.1 Å². The largest absolute Gasteiger partial charge is 0.492 e. The highest BCUT2D eigenvalue weighted by molar-refractivity contribution is 8.18. The molecule has 1 aliphatic rings. The molecule has 186 valence electrons. The van der Waals surface area contributed by atoms with Crippen LogP contribution in [-0.2, 0) is 14.9 Å². The molecule has 0 aliphatic carbocycles. The van der Waals surface area contributed by atoms with Crippen molar-refractivity contribution in [3.05, 3.63) is 89.3 Å². The summed E-state index contributed by atoms with van der Waals surface area (Å²) in [6, 6.07) is 21.5. The molecule has 0 spiro atoms. The molecule has 2 amide bonds. The van der Waals surface area contributed by atoms with E-state index in [4.69, 9.17) is 13.7 Å². The number of amides is 2. The van der Waals surface area contributed by atoms with Crippen LogP contribution in [0.3, 0.4) is 0 Å². The highest BCUT2D eigenvalue weighted by Crippen LogP contribution is 2.35. The highest BCUT2D eigenvalue weighted by atomic mass is 32.2. The maximum Gasteiger partial charge on any atom is 0.339 e. The fourth-order valence-electron chi connectivity index (χ4n) is 3.32. The Hall–Kier alpha value is -3.76. The number of hydrogen-bond acceptors (Lipinski definition) is 8. The average Bonchev–Trinajstić information content (AvgIpc) is 3.14. The smallest absolute Gasteiger partial charge is 0.339 e. The topological polar surface area (TPSA) is 99.2 Å². The molecule has 0 saturated carbocycles. The molecule has 3 aromatic rings. The van der Waals surface area contributed by atoms with Gasteiger partial charge in [0.1, 0.15) is 17.3 Å². The molecular formula is C26H23NO7S2. The molecule has 0 radical (unpaired) electrons. The monoisotopic (exact) mass is 525 g/mol. The number of ether oxygens (including phenoxy) is 2. The van der Waals surface area contributed by atoms with Crippen LogP contribution in [0.1, 0.15) is 12.5 Å². The Balaban J connectivity index is 1.48. The maximum atomic E-state index is 12.8. The molecule has 0 bridgehead atoms. The van der Waals surface area contributed by atoms with Crippen LogP contribution in [0.2, 0.25) is 0 Å². The van der Waals surface area contributed by atoms with E-state index in [1.165, 1.54) is 18.2 Å². The first-order valence-corrected chi connectivity index (χ1v) is 13.3. The van der Waals surface area contributed by atoms with Crippen LogP contribution in [0, 0.1) is 0 Å². The Morgan fingerprint density at radius 3 is 2.28 bits per heavy atom. The number of nitrogens with zero attached hydrogens (tertiary/aromatic N) is 1. The van der Waals surface area contributed by atoms with E-state index in [-0.39, 0.29) is 46.3 Å². The molecule has 3 aromatic carbocycles. The summed E-state index contributed by atoms with van der Waals surface area (Å²) in [4.78, 5) is 26.6. The second-order valence-corrected chi connectivity index (χ2v) is 10.0. The van der Waals surface area contributed by atoms with E-state index in [1.54, 1.807) is 55.5 Å². The number of imide groups is 1. The minimum Gasteiger partial charge on any atom is -0.492 e. The van der Waals surface area contributed by atoms with Gasteiger partial charge in [-0.05, 0) is 66.7 Å². The second-order valence-electron chi connectivity index (χ2n) is 7.48. The Bertz CT molecular complexity index is 1370. The van der Waals surface area contributed by atoms with Gasteiger partial charge in [0.15, 0.2) is 11.5 Å². The number of para-hydroxylation sites is 1. The van der Waals surface area contributed by atoms with Crippen LogP contribution in [-0.4, -0.2) is 44.2 Å². The quantitative estimate of drug-likeness (QED) is 0.270. The third-order valence-electron chi connectivity index (χ3n) is 5.00. The van der Waals surface area contributed by atoms with Crippen molar-refractivity contribution < 1.29 is 31.7 Å². The van der Waals surface area contributed by atoms with Gasteiger partial charge in [0, 0.05) is 0 Å². The fraction of sp³-hybridized carbons (Fsp3) is 0.154. The molecule has 8 nitrogen and oxygen atoms in total. The van der Waals surface area contributed by atoms with Crippen LogP contribution < -0.4 is 13.7 Å². The zero-order valence-electron chi connectivity index (χ0n) is 19.3. The Morgan fingerprint density at radius 2 is 1.58 bits per heavy atom. The zero-order chi connectivity index (χ0) is 25.5. The lowest BCUT2D eigenvalue weighted by Gasteiger charge is -2.13. The third-order valence-corrected chi connectivity index (χ3v) is 7.15. The lowest BCUT2D eigenvalue weighted by molar-refractivity contribution is -0.123. The van der Waals surface area contributed by atoms with Crippen molar-refractivity contribution in [2.24, 2.45) is 0 Å². The molecule has 1 saturated heterocycles. The molecule has 1 aliphatic heterocycles. The standard InChI is InChI=1S/C26H23NO7S2/c1-2-32-23-17-19(13-14-22(23)34-36(30,31)21-11-7-4-8-12-21)18-24-25(28)27(26(29)35-24)15-16-33-20-9-5-3-6-10-20/h3-14,17-18H,2,15-16H2,1H3/b24-18-. The molecule has 0 atom stereocenters. The molecule has 1 fully saturated rings. The second kappa shape index (κ2) is 11.3. The summed E-state index contributed by atoms with van der Waals surface area (Å²) in [5.41, 5.74) is 0.550. The van der Waals surface area contributed by atoms with E-state index in [9.17, 15) is 18.0 Å². The fourth-order valence-corrected chi connectivity index (χ4v) is 5.15.